The van der Waals surface area contributed by atoms with Crippen LogP contribution in [0.5, 0.6) is 11.5 Å². The van der Waals surface area contributed by atoms with Crippen LogP contribution in [-0.4, -0.2) is 95.8 Å². The molecule has 194 valence electrons. The summed E-state index contributed by atoms with van der Waals surface area (Å²) < 4.78 is 10.5. The number of nitrogens with zero attached hydrogens (tertiary/aromatic N) is 3. The van der Waals surface area contributed by atoms with Crippen molar-refractivity contribution in [3.63, 3.8) is 0 Å². The number of aromatic amines is 1. The van der Waals surface area contributed by atoms with Gasteiger partial charge >= 0.3 is 17.7 Å². The first-order valence-electron chi connectivity index (χ1n) is 11.4. The van der Waals surface area contributed by atoms with E-state index in [9.17, 15) is 24.3 Å². The number of H-pyrrole nitrogens is 1. The van der Waals surface area contributed by atoms with Crippen LogP contribution < -0.4 is 25.8 Å². The second-order valence-corrected chi connectivity index (χ2v) is 8.04. The first kappa shape index (κ1) is 26.5. The number of hydrogen-bond donors (Lipinski definition) is 4. The lowest BCUT2D eigenvalue weighted by atomic mass is 10.1. The third-order valence-electron chi connectivity index (χ3n) is 5.90. The van der Waals surface area contributed by atoms with E-state index >= 15 is 0 Å². The van der Waals surface area contributed by atoms with Crippen LogP contribution >= 0.6 is 0 Å². The molecule has 1 unspecified atom stereocenters. The predicted octanol–water partition coefficient (Wildman–Crippen LogP) is 0.382. The fourth-order valence-corrected chi connectivity index (χ4v) is 3.86. The Kier molecular flexibility index (Phi) is 8.84. The monoisotopic (exact) mass is 502 g/mol. The van der Waals surface area contributed by atoms with Crippen molar-refractivity contribution in [1.29, 1.82) is 0 Å². The van der Waals surface area contributed by atoms with E-state index in [0.29, 0.717) is 26.2 Å². The van der Waals surface area contributed by atoms with Gasteiger partial charge in [-0.3, -0.25) is 4.79 Å². The smallest absolute Gasteiger partial charge is 0.346 e. The standard InChI is InChI=1S/C23H30N6O7/c1-4-28-8-10-29(11-9-28)23(34)25-15(21(31)32)12-14-13-24-22(33)27-19(14)26-20(30)18-16(35-2)6-5-7-17(18)36-3/h5-7,13,15H,4,8-12H2,1-3H3,(H,25,34)(H,31,32)(H2,24,26,27,30,33). The number of carboxylic acids is 1. The zero-order valence-electron chi connectivity index (χ0n) is 20.4. The largest absolute Gasteiger partial charge is 0.496 e. The lowest BCUT2D eigenvalue weighted by Crippen LogP contribution is -2.55. The van der Waals surface area contributed by atoms with Gasteiger partial charge in [-0.05, 0) is 18.7 Å². The van der Waals surface area contributed by atoms with Crippen molar-refractivity contribution in [2.75, 3.05) is 52.3 Å². The van der Waals surface area contributed by atoms with Crippen LogP contribution in [0.2, 0.25) is 0 Å². The molecule has 3 amide bonds. The van der Waals surface area contributed by atoms with E-state index < -0.39 is 29.6 Å². The minimum absolute atomic E-state index is 0.0739. The highest BCUT2D eigenvalue weighted by Gasteiger charge is 2.28. The summed E-state index contributed by atoms with van der Waals surface area (Å²) in [6, 6.07) is 2.96. The Bertz CT molecular complexity index is 1140. The summed E-state index contributed by atoms with van der Waals surface area (Å²) in [4.78, 5) is 59.6. The molecule has 1 aliphatic heterocycles. The number of anilines is 1. The molecule has 3 rings (SSSR count). The first-order valence-corrected chi connectivity index (χ1v) is 11.4. The van der Waals surface area contributed by atoms with Gasteiger partial charge in [0.1, 0.15) is 28.9 Å². The SMILES string of the molecule is CCN1CCN(C(=O)NC(Cc2c[nH]c(=O)nc2NC(=O)c2c(OC)cccc2OC)C(=O)O)CC1. The number of methoxy groups -OCH3 is 2. The van der Waals surface area contributed by atoms with Crippen LogP contribution in [0.25, 0.3) is 0 Å². The van der Waals surface area contributed by atoms with Gasteiger partial charge in [0.25, 0.3) is 5.91 Å². The van der Waals surface area contributed by atoms with Crippen molar-refractivity contribution in [3.8, 4) is 11.5 Å². The van der Waals surface area contributed by atoms with Gasteiger partial charge in [0, 0.05) is 44.4 Å². The summed E-state index contributed by atoms with van der Waals surface area (Å²) in [6.45, 7) is 5.28. The molecular weight excluding hydrogens is 472 g/mol. The molecule has 36 heavy (non-hydrogen) atoms. The maximum Gasteiger partial charge on any atom is 0.346 e. The molecule has 1 aromatic carbocycles. The number of aromatic nitrogens is 2. The highest BCUT2D eigenvalue weighted by molar-refractivity contribution is 6.08. The molecule has 0 bridgehead atoms. The van der Waals surface area contributed by atoms with Crippen LogP contribution in [0, 0.1) is 0 Å². The number of piperazine rings is 1. The number of urea groups is 1. The van der Waals surface area contributed by atoms with Gasteiger partial charge in [0.15, 0.2) is 0 Å². The van der Waals surface area contributed by atoms with E-state index in [1.165, 1.54) is 20.4 Å². The van der Waals surface area contributed by atoms with Crippen LogP contribution in [0.3, 0.4) is 0 Å². The number of rotatable bonds is 9. The fraction of sp³-hybridized carbons (Fsp3) is 0.435. The molecule has 13 heteroatoms. The highest BCUT2D eigenvalue weighted by Crippen LogP contribution is 2.29. The molecule has 0 saturated carbocycles. The molecule has 2 heterocycles. The number of hydrogen-bond acceptors (Lipinski definition) is 8. The molecule has 4 N–H and O–H groups in total. The van der Waals surface area contributed by atoms with Gasteiger partial charge in [-0.25, -0.2) is 14.4 Å². The maximum atomic E-state index is 13.1. The van der Waals surface area contributed by atoms with Crippen LogP contribution in [-0.2, 0) is 11.2 Å². The molecule has 1 atom stereocenters. The lowest BCUT2D eigenvalue weighted by Gasteiger charge is -2.34. The van der Waals surface area contributed by atoms with Gasteiger partial charge < -0.3 is 40.0 Å². The van der Waals surface area contributed by atoms with E-state index in [4.69, 9.17) is 9.47 Å². The first-order chi connectivity index (χ1) is 17.3. The van der Waals surface area contributed by atoms with Crippen molar-refractivity contribution in [2.24, 2.45) is 0 Å². The van der Waals surface area contributed by atoms with Crippen LogP contribution in [0.1, 0.15) is 22.8 Å². The van der Waals surface area contributed by atoms with Crippen molar-refractivity contribution >= 4 is 23.7 Å². The number of benzene rings is 1. The average molecular weight is 503 g/mol. The third-order valence-corrected chi connectivity index (χ3v) is 5.90. The zero-order chi connectivity index (χ0) is 26.2. The minimum atomic E-state index is -1.33. The molecule has 0 spiro atoms. The zero-order valence-corrected chi connectivity index (χ0v) is 20.4. The highest BCUT2D eigenvalue weighted by atomic mass is 16.5. The van der Waals surface area contributed by atoms with Crippen molar-refractivity contribution in [1.82, 2.24) is 25.1 Å². The van der Waals surface area contributed by atoms with E-state index in [2.05, 4.69) is 25.5 Å². The molecule has 1 fully saturated rings. The number of aliphatic carboxylic acids is 1. The molecule has 1 aromatic heterocycles. The van der Waals surface area contributed by atoms with Crippen molar-refractivity contribution < 1.29 is 29.0 Å². The molecular formula is C23H30N6O7. The normalized spacial score (nSPS) is 14.6. The summed E-state index contributed by atoms with van der Waals surface area (Å²) in [5.74, 6) is -1.62. The van der Waals surface area contributed by atoms with Gasteiger partial charge in [0.05, 0.1) is 14.2 Å². The number of amides is 3. The van der Waals surface area contributed by atoms with E-state index in [-0.39, 0.29) is 34.9 Å². The Labute approximate surface area is 207 Å². The molecule has 1 aliphatic rings. The Hall–Kier alpha value is -4.13. The number of likely N-dealkylation sites (N-methyl/N-ethyl adjacent to an activating group) is 1. The molecule has 0 radical (unpaired) electrons. The van der Waals surface area contributed by atoms with E-state index in [0.717, 1.165) is 6.54 Å². The molecule has 0 aliphatic carbocycles. The van der Waals surface area contributed by atoms with Crippen molar-refractivity contribution in [2.45, 2.75) is 19.4 Å². The molecule has 13 nitrogen and oxygen atoms in total. The Balaban J connectivity index is 1.80. The second kappa shape index (κ2) is 12.0. The Morgan fingerprint density at radius 1 is 1.14 bits per heavy atom. The Morgan fingerprint density at radius 3 is 2.33 bits per heavy atom. The van der Waals surface area contributed by atoms with Crippen LogP contribution in [0.4, 0.5) is 10.6 Å². The molecule has 1 saturated heterocycles. The predicted molar refractivity (Wildman–Crippen MR) is 130 cm³/mol. The summed E-state index contributed by atoms with van der Waals surface area (Å²) in [7, 11) is 2.79. The number of nitrogens with one attached hydrogen (secondary N) is 3. The minimum Gasteiger partial charge on any atom is -0.496 e. The Morgan fingerprint density at radius 2 is 1.78 bits per heavy atom. The number of ether oxygens (including phenoxy) is 2. The molecule has 2 aromatic rings. The van der Waals surface area contributed by atoms with E-state index in [1.807, 2.05) is 6.92 Å². The maximum absolute atomic E-state index is 13.1. The van der Waals surface area contributed by atoms with Crippen molar-refractivity contribution in [3.05, 3.63) is 46.0 Å². The van der Waals surface area contributed by atoms with Gasteiger partial charge in [-0.2, -0.15) is 4.98 Å². The number of carboxylic acid groups (broad SMARTS) is 1. The third kappa shape index (κ3) is 6.30. The topological polar surface area (TPSA) is 166 Å². The summed E-state index contributed by atoms with van der Waals surface area (Å²) >= 11 is 0. The average Bonchev–Trinajstić information content (AvgIpc) is 2.88. The fourth-order valence-electron chi connectivity index (χ4n) is 3.86. The quantitative estimate of drug-likeness (QED) is 0.379. The van der Waals surface area contributed by atoms with E-state index in [1.54, 1.807) is 23.1 Å². The number of carbonyl (C=O) groups excluding carboxylic acids is 2. The summed E-state index contributed by atoms with van der Waals surface area (Å²) in [6.07, 6.45) is 1.02. The lowest BCUT2D eigenvalue weighted by molar-refractivity contribution is -0.139. The summed E-state index contributed by atoms with van der Waals surface area (Å²) in [5.41, 5.74) is -0.462. The second-order valence-electron chi connectivity index (χ2n) is 8.04. The summed E-state index contributed by atoms with van der Waals surface area (Å²) in [5, 5.41) is 14.8. The van der Waals surface area contributed by atoms with Gasteiger partial charge in [0.2, 0.25) is 0 Å². The van der Waals surface area contributed by atoms with Gasteiger partial charge in [-0.15, -0.1) is 0 Å². The number of carbonyl (C=O) groups is 3. The van der Waals surface area contributed by atoms with Crippen LogP contribution in [0.15, 0.2) is 29.2 Å². The van der Waals surface area contributed by atoms with Gasteiger partial charge in [-0.1, -0.05) is 13.0 Å².